The van der Waals surface area contributed by atoms with Crippen molar-refractivity contribution in [2.24, 2.45) is 0 Å². The van der Waals surface area contributed by atoms with Crippen LogP contribution in [0.3, 0.4) is 0 Å². The Bertz CT molecular complexity index is 769. The molecule has 3 rings (SSSR count). The maximum absolute atomic E-state index is 10.5. The molecule has 3 heterocycles. The van der Waals surface area contributed by atoms with E-state index in [1.165, 1.54) is 0 Å². The Morgan fingerprint density at radius 1 is 1.21 bits per heavy atom. The van der Waals surface area contributed by atoms with E-state index in [0.717, 1.165) is 23.8 Å². The number of pyridine rings is 1. The van der Waals surface area contributed by atoms with Gasteiger partial charge in [-0.05, 0) is 18.1 Å². The summed E-state index contributed by atoms with van der Waals surface area (Å²) in [5.74, 6) is -1.73. The van der Waals surface area contributed by atoms with Crippen LogP contribution in [-0.2, 0) is 25.7 Å². The van der Waals surface area contributed by atoms with Crippen molar-refractivity contribution in [1.29, 1.82) is 0 Å². The zero-order chi connectivity index (χ0) is 21.0. The first-order valence-electron chi connectivity index (χ1n) is 8.80. The fourth-order valence-corrected chi connectivity index (χ4v) is 2.83. The third-order valence-electron chi connectivity index (χ3n) is 4.32. The molecule has 11 heteroatoms. The monoisotopic (exact) mass is 411 g/mol. The quantitative estimate of drug-likeness (QED) is 0.324. The Balaban J connectivity index is 1.67. The van der Waals surface area contributed by atoms with Gasteiger partial charge in [0.05, 0.1) is 13.2 Å². The van der Waals surface area contributed by atoms with E-state index in [4.69, 9.17) is 19.0 Å². The minimum absolute atomic E-state index is 0.113. The molecule has 11 nitrogen and oxygen atoms in total. The highest BCUT2D eigenvalue weighted by Gasteiger charge is 2.47. The van der Waals surface area contributed by atoms with E-state index in [1.54, 1.807) is 12.4 Å². The van der Waals surface area contributed by atoms with Gasteiger partial charge in [0.25, 0.3) is 0 Å². The van der Waals surface area contributed by atoms with E-state index >= 15 is 0 Å². The van der Waals surface area contributed by atoms with Crippen LogP contribution in [0, 0.1) is 13.5 Å². The summed E-state index contributed by atoms with van der Waals surface area (Å²) < 4.78 is 15.8. The summed E-state index contributed by atoms with van der Waals surface area (Å²) >= 11 is 0. The van der Waals surface area contributed by atoms with Crippen molar-refractivity contribution in [3.8, 4) is 0 Å². The standard InChI is InChI=1S/C18H23N2O9/c1-9-4-10(6-19-5-9)8-27-20-17-15(25)16(14(24)12(7-21)28-17)29-18-13(23)11(22)2-3-26-18/h2-6,12,14-17,20-25H,7-8H2,1H3/t12?,14-,15?,16-,17-/m1/s1. The normalized spacial score (nSPS) is 29.9. The molecule has 6 N–H and O–H groups in total. The molecule has 1 saturated heterocycles. The number of rotatable bonds is 7. The first-order chi connectivity index (χ1) is 13.9. The highest BCUT2D eigenvalue weighted by molar-refractivity contribution is 5.24. The van der Waals surface area contributed by atoms with Crippen molar-refractivity contribution < 1.29 is 44.6 Å². The molecule has 1 aromatic rings. The first-order valence-corrected chi connectivity index (χ1v) is 8.80. The number of aromatic nitrogens is 1. The van der Waals surface area contributed by atoms with Gasteiger partial charge in [0.1, 0.15) is 18.3 Å². The van der Waals surface area contributed by atoms with Crippen LogP contribution in [0.2, 0.25) is 0 Å². The lowest BCUT2D eigenvalue weighted by Crippen LogP contribution is -2.63. The second-order valence-corrected chi connectivity index (χ2v) is 6.56. The van der Waals surface area contributed by atoms with Gasteiger partial charge in [-0.2, -0.15) is 5.48 Å². The number of hydrogen-bond donors (Lipinski definition) is 6. The minimum Gasteiger partial charge on any atom is -0.504 e. The molecule has 2 unspecified atom stereocenters. The Morgan fingerprint density at radius 2 is 2.00 bits per heavy atom. The van der Waals surface area contributed by atoms with Crippen LogP contribution >= 0.6 is 0 Å². The number of nitrogens with one attached hydrogen (secondary N) is 1. The summed E-state index contributed by atoms with van der Waals surface area (Å²) in [6.45, 7) is 2.48. The van der Waals surface area contributed by atoms with Gasteiger partial charge in [-0.3, -0.25) is 9.82 Å². The molecular weight excluding hydrogens is 388 g/mol. The smallest absolute Gasteiger partial charge is 0.328 e. The molecule has 2 aliphatic rings. The predicted molar refractivity (Wildman–Crippen MR) is 95.3 cm³/mol. The average Bonchev–Trinajstić information content (AvgIpc) is 2.70. The van der Waals surface area contributed by atoms with Crippen molar-refractivity contribution >= 4 is 0 Å². The van der Waals surface area contributed by atoms with Gasteiger partial charge < -0.3 is 39.7 Å². The van der Waals surface area contributed by atoms with Crippen molar-refractivity contribution in [2.45, 2.75) is 44.2 Å². The molecule has 0 aliphatic carbocycles. The van der Waals surface area contributed by atoms with Gasteiger partial charge in [-0.25, -0.2) is 0 Å². The Kier molecular flexibility index (Phi) is 6.90. The predicted octanol–water partition coefficient (Wildman–Crippen LogP) is -0.404. The van der Waals surface area contributed by atoms with E-state index in [0.29, 0.717) is 0 Å². The highest BCUT2D eigenvalue weighted by atomic mass is 16.7. The van der Waals surface area contributed by atoms with Crippen LogP contribution in [0.5, 0.6) is 0 Å². The van der Waals surface area contributed by atoms with Gasteiger partial charge in [0.2, 0.25) is 5.76 Å². The summed E-state index contributed by atoms with van der Waals surface area (Å²) in [7, 11) is 0. The Hall–Kier alpha value is -2.41. The van der Waals surface area contributed by atoms with E-state index in [2.05, 4.69) is 10.5 Å². The van der Waals surface area contributed by atoms with Crippen LogP contribution < -0.4 is 5.48 Å². The zero-order valence-electron chi connectivity index (χ0n) is 15.5. The average molecular weight is 411 g/mol. The maximum atomic E-state index is 10.5. The molecular formula is C18H23N2O9. The fourth-order valence-electron chi connectivity index (χ4n) is 2.83. The molecule has 1 fully saturated rings. The summed E-state index contributed by atoms with van der Waals surface area (Å²) in [6, 6.07) is 1.87. The molecule has 29 heavy (non-hydrogen) atoms. The molecule has 159 valence electrons. The number of aliphatic hydroxyl groups excluding tert-OH is 5. The third-order valence-corrected chi connectivity index (χ3v) is 4.32. The van der Waals surface area contributed by atoms with Crippen LogP contribution in [0.1, 0.15) is 11.1 Å². The van der Waals surface area contributed by atoms with E-state index in [1.807, 2.05) is 13.0 Å². The molecule has 0 bridgehead atoms. The number of hydroxylamine groups is 1. The fraction of sp³-hybridized carbons (Fsp3) is 0.444. The Morgan fingerprint density at radius 3 is 2.72 bits per heavy atom. The molecule has 2 aliphatic heterocycles. The van der Waals surface area contributed by atoms with Gasteiger partial charge in [-0.15, -0.1) is 0 Å². The Labute approximate surface area is 166 Å². The lowest BCUT2D eigenvalue weighted by Gasteiger charge is -2.42. The number of aliphatic hydroxyl groups is 5. The van der Waals surface area contributed by atoms with Gasteiger partial charge in [0.15, 0.2) is 24.7 Å². The van der Waals surface area contributed by atoms with Crippen LogP contribution in [0.15, 0.2) is 42.0 Å². The summed E-state index contributed by atoms with van der Waals surface area (Å²) in [4.78, 5) is 9.39. The first kappa shape index (κ1) is 21.3. The van der Waals surface area contributed by atoms with E-state index < -0.39 is 54.7 Å². The lowest BCUT2D eigenvalue weighted by atomic mass is 9.98. The van der Waals surface area contributed by atoms with Crippen molar-refractivity contribution in [2.75, 3.05) is 6.61 Å². The number of hydrogen-bond acceptors (Lipinski definition) is 11. The number of aryl methyl sites for hydroxylation is 1. The number of ether oxygens (including phenoxy) is 3. The van der Waals surface area contributed by atoms with Crippen LogP contribution in [0.4, 0.5) is 0 Å². The molecule has 1 radical (unpaired) electrons. The molecule has 0 amide bonds. The summed E-state index contributed by atoms with van der Waals surface area (Å²) in [5, 5.41) is 49.7. The lowest BCUT2D eigenvalue weighted by molar-refractivity contribution is -0.271. The minimum atomic E-state index is -1.49. The summed E-state index contributed by atoms with van der Waals surface area (Å²) in [5.41, 5.74) is 4.25. The van der Waals surface area contributed by atoms with Crippen LogP contribution in [0.25, 0.3) is 0 Å². The number of nitrogens with zero attached hydrogens (tertiary/aromatic N) is 1. The molecule has 1 aromatic heterocycles. The highest BCUT2D eigenvalue weighted by Crippen LogP contribution is 2.28. The van der Waals surface area contributed by atoms with Gasteiger partial charge in [-0.1, -0.05) is 6.07 Å². The second-order valence-electron chi connectivity index (χ2n) is 6.56. The van der Waals surface area contributed by atoms with Crippen LogP contribution in [-0.4, -0.2) is 67.8 Å². The van der Waals surface area contributed by atoms with Gasteiger partial charge in [0, 0.05) is 18.5 Å². The van der Waals surface area contributed by atoms with E-state index in [-0.39, 0.29) is 6.61 Å². The van der Waals surface area contributed by atoms with Crippen molar-refractivity contribution in [3.63, 3.8) is 0 Å². The maximum Gasteiger partial charge on any atom is 0.328 e. The molecule has 0 saturated carbocycles. The molecule has 0 spiro atoms. The van der Waals surface area contributed by atoms with Crippen molar-refractivity contribution in [3.05, 3.63) is 59.7 Å². The summed E-state index contributed by atoms with van der Waals surface area (Å²) in [6.07, 6.45) is -2.23. The third kappa shape index (κ3) is 4.96. The largest absolute Gasteiger partial charge is 0.504 e. The van der Waals surface area contributed by atoms with E-state index in [9.17, 15) is 25.5 Å². The zero-order valence-corrected chi connectivity index (χ0v) is 15.5. The van der Waals surface area contributed by atoms with Crippen molar-refractivity contribution in [1.82, 2.24) is 10.5 Å². The van der Waals surface area contributed by atoms with Gasteiger partial charge >= 0.3 is 5.95 Å². The topological polar surface area (TPSA) is 163 Å². The SMILES string of the molecule is Cc1cncc(CON[C@@H]2OC(CO)[C@@H](O)[C@@H](OC3=C(O)C(O)=C[CH]O3)C2O)c1. The second kappa shape index (κ2) is 9.39. The molecule has 0 aromatic carbocycles. The molecule has 5 atom stereocenters.